The summed E-state index contributed by atoms with van der Waals surface area (Å²) < 4.78 is 42.6. The summed E-state index contributed by atoms with van der Waals surface area (Å²) in [6.45, 7) is 6.43. The highest BCUT2D eigenvalue weighted by molar-refractivity contribution is 8.14. The van der Waals surface area contributed by atoms with Crippen molar-refractivity contribution in [2.24, 2.45) is 10.1 Å². The first-order chi connectivity index (χ1) is 20.6. The minimum Gasteiger partial charge on any atom is -0.406 e. The number of halogens is 3. The summed E-state index contributed by atoms with van der Waals surface area (Å²) in [5.41, 5.74) is 8.60. The van der Waals surface area contributed by atoms with Gasteiger partial charge in [0.1, 0.15) is 12.1 Å². The Hall–Kier alpha value is -4.23. The molecule has 1 saturated heterocycles. The predicted molar refractivity (Wildman–Crippen MR) is 169 cm³/mol. The molecule has 0 aliphatic carbocycles. The van der Waals surface area contributed by atoms with Crippen molar-refractivity contribution in [3.63, 3.8) is 0 Å². The molecule has 1 aliphatic heterocycles. The third-order valence-electron chi connectivity index (χ3n) is 6.55. The molecule has 0 spiro atoms. The topological polar surface area (TPSA) is 79.9 Å². The van der Waals surface area contributed by atoms with E-state index in [0.717, 1.165) is 34.2 Å². The Bertz CT molecular complexity index is 1650. The highest BCUT2D eigenvalue weighted by Crippen LogP contribution is 2.33. The van der Waals surface area contributed by atoms with Crippen molar-refractivity contribution in [3.8, 4) is 22.8 Å². The number of aryl methyl sites for hydroxylation is 2. The van der Waals surface area contributed by atoms with Gasteiger partial charge in [0, 0.05) is 23.0 Å². The summed E-state index contributed by atoms with van der Waals surface area (Å²) in [5.74, 6) is 1.07. The lowest BCUT2D eigenvalue weighted by Gasteiger charge is -2.26. The van der Waals surface area contributed by atoms with E-state index in [2.05, 4.69) is 74.2 Å². The van der Waals surface area contributed by atoms with Gasteiger partial charge in [-0.15, -0.1) is 18.3 Å². The lowest BCUT2D eigenvalue weighted by molar-refractivity contribution is -0.274. The molecule has 43 heavy (non-hydrogen) atoms. The van der Waals surface area contributed by atoms with E-state index in [-0.39, 0.29) is 10.9 Å². The second-order valence-electron chi connectivity index (χ2n) is 9.76. The van der Waals surface area contributed by atoms with E-state index in [1.54, 1.807) is 18.0 Å². The Morgan fingerprint density at radius 1 is 1.14 bits per heavy atom. The Balaban J connectivity index is 1.20. The number of aliphatic imine (C=N–C) groups is 1. The number of anilines is 1. The fourth-order valence-electron chi connectivity index (χ4n) is 4.46. The maximum Gasteiger partial charge on any atom is 0.573 e. The van der Waals surface area contributed by atoms with Gasteiger partial charge >= 0.3 is 6.36 Å². The number of nitrogens with one attached hydrogen (secondary N) is 1. The molecular formula is C30H28F3N7OS2. The van der Waals surface area contributed by atoms with Crippen LogP contribution in [0, 0.1) is 6.92 Å². The number of aromatic nitrogens is 3. The number of rotatable bonds is 7. The molecular weight excluding hydrogens is 596 g/mol. The molecule has 3 aromatic carbocycles. The number of hydrogen-bond acceptors (Lipinski definition) is 6. The van der Waals surface area contributed by atoms with Crippen LogP contribution in [0.1, 0.15) is 30.5 Å². The van der Waals surface area contributed by atoms with E-state index < -0.39 is 6.36 Å². The first-order valence-electron chi connectivity index (χ1n) is 13.4. The molecule has 1 N–H and O–H groups in total. The molecule has 0 bridgehead atoms. The second kappa shape index (κ2) is 13.0. The lowest BCUT2D eigenvalue weighted by atomic mass is 10.1. The Morgan fingerprint density at radius 3 is 2.58 bits per heavy atom. The normalized spacial score (nSPS) is 16.3. The van der Waals surface area contributed by atoms with Crippen LogP contribution in [0.2, 0.25) is 0 Å². The fourth-order valence-corrected chi connectivity index (χ4v) is 5.77. The van der Waals surface area contributed by atoms with Crippen molar-refractivity contribution in [2.75, 3.05) is 10.7 Å². The maximum absolute atomic E-state index is 12.4. The Labute approximate surface area is 256 Å². The van der Waals surface area contributed by atoms with Crippen LogP contribution < -0.4 is 15.1 Å². The number of alkyl halides is 3. The summed E-state index contributed by atoms with van der Waals surface area (Å²) in [5, 5.41) is 9.80. The third kappa shape index (κ3) is 7.59. The standard InChI is InChI=1S/C30H28F3N7OS2/c1-4-22-8-5-19(2)15-26(22)40-20(3)17-43-29(40)36-28(42)37-35-16-21-6-9-23(10-7-21)27-34-18-39(38-27)24-11-13-25(14-12-24)41-30(31,32)33/h5-16,18,20H,4,17H2,1-3H3,(H,37,42)/b35-16+,36-29-. The van der Waals surface area contributed by atoms with E-state index in [0.29, 0.717) is 17.6 Å². The third-order valence-corrected chi connectivity index (χ3v) is 7.93. The highest BCUT2D eigenvalue weighted by Gasteiger charge is 2.31. The smallest absolute Gasteiger partial charge is 0.406 e. The molecule has 1 fully saturated rings. The monoisotopic (exact) mass is 623 g/mol. The van der Waals surface area contributed by atoms with Gasteiger partial charge in [-0.05, 0) is 79.5 Å². The van der Waals surface area contributed by atoms with Crippen LogP contribution in [0.25, 0.3) is 17.1 Å². The molecule has 4 aromatic rings. The van der Waals surface area contributed by atoms with Crippen LogP contribution in [0.15, 0.2) is 83.2 Å². The maximum atomic E-state index is 12.4. The molecule has 0 saturated carbocycles. The van der Waals surface area contributed by atoms with Crippen LogP contribution in [-0.4, -0.2) is 49.4 Å². The van der Waals surface area contributed by atoms with Crippen LogP contribution in [0.4, 0.5) is 18.9 Å². The molecule has 1 aliphatic rings. The molecule has 2 heterocycles. The zero-order valence-electron chi connectivity index (χ0n) is 23.5. The van der Waals surface area contributed by atoms with Crippen LogP contribution in [0.3, 0.4) is 0 Å². The van der Waals surface area contributed by atoms with Gasteiger partial charge in [-0.1, -0.05) is 55.1 Å². The number of thiocarbonyl (C=S) groups is 1. The van der Waals surface area contributed by atoms with Gasteiger partial charge < -0.3 is 9.64 Å². The number of thioether (sulfide) groups is 1. The molecule has 1 aromatic heterocycles. The molecule has 222 valence electrons. The second-order valence-corrected chi connectivity index (χ2v) is 11.1. The van der Waals surface area contributed by atoms with E-state index in [1.165, 1.54) is 46.4 Å². The zero-order chi connectivity index (χ0) is 30.6. The van der Waals surface area contributed by atoms with Gasteiger partial charge in [0.05, 0.1) is 11.9 Å². The first kappa shape index (κ1) is 30.2. The number of nitrogens with zero attached hydrogens (tertiary/aromatic N) is 6. The number of benzene rings is 3. The summed E-state index contributed by atoms with van der Waals surface area (Å²) >= 11 is 7.14. The summed E-state index contributed by atoms with van der Waals surface area (Å²) in [6.07, 6.45) is -0.683. The van der Waals surface area contributed by atoms with E-state index in [1.807, 2.05) is 24.3 Å². The fraction of sp³-hybridized carbons (Fsp3) is 0.233. The molecule has 1 unspecified atom stereocenters. The van der Waals surface area contributed by atoms with E-state index in [9.17, 15) is 13.2 Å². The predicted octanol–water partition coefficient (Wildman–Crippen LogP) is 6.91. The first-order valence-corrected chi connectivity index (χ1v) is 14.8. The van der Waals surface area contributed by atoms with Gasteiger partial charge in [0.25, 0.3) is 0 Å². The van der Waals surface area contributed by atoms with Crippen molar-refractivity contribution in [3.05, 3.63) is 89.7 Å². The number of ether oxygens (including phenoxy) is 1. The van der Waals surface area contributed by atoms with Gasteiger partial charge in [-0.3, -0.25) is 5.43 Å². The zero-order valence-corrected chi connectivity index (χ0v) is 25.2. The molecule has 8 nitrogen and oxygen atoms in total. The average Bonchev–Trinajstić information content (AvgIpc) is 3.60. The van der Waals surface area contributed by atoms with Crippen molar-refractivity contribution < 1.29 is 17.9 Å². The summed E-state index contributed by atoms with van der Waals surface area (Å²) in [6, 6.07) is 19.6. The largest absolute Gasteiger partial charge is 0.573 e. The van der Waals surface area contributed by atoms with Gasteiger partial charge in [0.2, 0.25) is 5.11 Å². The summed E-state index contributed by atoms with van der Waals surface area (Å²) in [4.78, 5) is 11.2. The van der Waals surface area contributed by atoms with E-state index in [4.69, 9.17) is 12.2 Å². The number of amidine groups is 1. The molecule has 5 rings (SSSR count). The van der Waals surface area contributed by atoms with Gasteiger partial charge in [0.15, 0.2) is 11.0 Å². The average molecular weight is 624 g/mol. The summed E-state index contributed by atoms with van der Waals surface area (Å²) in [7, 11) is 0. The molecule has 1 atom stereocenters. The van der Waals surface area contributed by atoms with Crippen molar-refractivity contribution in [2.45, 2.75) is 39.6 Å². The van der Waals surface area contributed by atoms with Crippen molar-refractivity contribution >= 4 is 46.2 Å². The van der Waals surface area contributed by atoms with E-state index >= 15 is 0 Å². The Morgan fingerprint density at radius 2 is 1.88 bits per heavy atom. The van der Waals surface area contributed by atoms with Crippen LogP contribution >= 0.6 is 24.0 Å². The SMILES string of the molecule is CCc1ccc(C)cc1N1/C(=N/C(=S)N/N=C/c2ccc(-c3ncn(-c4ccc(OC(F)(F)F)cc4)n3)cc2)SCC1C. The Kier molecular flexibility index (Phi) is 9.11. The van der Waals surface area contributed by atoms with Crippen LogP contribution in [0.5, 0.6) is 5.75 Å². The quantitative estimate of drug-likeness (QED) is 0.136. The highest BCUT2D eigenvalue weighted by atomic mass is 32.2. The van der Waals surface area contributed by atoms with Crippen molar-refractivity contribution in [1.29, 1.82) is 0 Å². The van der Waals surface area contributed by atoms with Gasteiger partial charge in [-0.2, -0.15) is 10.1 Å². The number of hydrogen-bond donors (Lipinski definition) is 1. The molecule has 13 heteroatoms. The van der Waals surface area contributed by atoms with Crippen molar-refractivity contribution in [1.82, 2.24) is 20.2 Å². The number of hydrazone groups is 1. The van der Waals surface area contributed by atoms with Gasteiger partial charge in [-0.25, -0.2) is 9.67 Å². The van der Waals surface area contributed by atoms with Crippen LogP contribution in [-0.2, 0) is 6.42 Å². The minimum atomic E-state index is -4.74. The minimum absolute atomic E-state index is 0.271. The lowest BCUT2D eigenvalue weighted by Crippen LogP contribution is -2.33. The molecule has 0 radical (unpaired) electrons. The molecule has 0 amide bonds.